The fourth-order valence-electron chi connectivity index (χ4n) is 4.96. The zero-order chi connectivity index (χ0) is 22.5. The van der Waals surface area contributed by atoms with Gasteiger partial charge in [-0.05, 0) is 68.0 Å². The van der Waals surface area contributed by atoms with Gasteiger partial charge in [-0.1, -0.05) is 6.92 Å². The summed E-state index contributed by atoms with van der Waals surface area (Å²) >= 11 is 0. The molecule has 32 heavy (non-hydrogen) atoms. The minimum Gasteiger partial charge on any atom is -0.436 e. The maximum Gasteiger partial charge on any atom is 0.250 e. The van der Waals surface area contributed by atoms with Crippen molar-refractivity contribution in [3.63, 3.8) is 0 Å². The molecule has 0 aliphatic heterocycles. The summed E-state index contributed by atoms with van der Waals surface area (Å²) in [6.07, 6.45) is 6.44. The number of hydrogen-bond acceptors (Lipinski definition) is 7. The van der Waals surface area contributed by atoms with E-state index in [2.05, 4.69) is 31.3 Å². The molecule has 2 aromatic heterocycles. The van der Waals surface area contributed by atoms with E-state index in [1.807, 2.05) is 39.0 Å². The van der Waals surface area contributed by atoms with E-state index in [4.69, 9.17) is 10.00 Å². The van der Waals surface area contributed by atoms with Gasteiger partial charge in [0.2, 0.25) is 5.95 Å². The van der Waals surface area contributed by atoms with Gasteiger partial charge >= 0.3 is 0 Å². The predicted molar refractivity (Wildman–Crippen MR) is 120 cm³/mol. The number of hydrogen-bond donors (Lipinski definition) is 2. The predicted octanol–water partition coefficient (Wildman–Crippen LogP) is 4.72. The summed E-state index contributed by atoms with van der Waals surface area (Å²) in [6.45, 7) is 5.96. The van der Waals surface area contributed by atoms with Crippen molar-refractivity contribution < 1.29 is 4.74 Å². The minimum atomic E-state index is -0.159. The van der Waals surface area contributed by atoms with Crippen LogP contribution < -0.4 is 10.1 Å². The molecule has 6 rings (SSSR count). The smallest absolute Gasteiger partial charge is 0.250 e. The molecule has 0 amide bonds. The maximum absolute atomic E-state index is 9.30. The van der Waals surface area contributed by atoms with Crippen LogP contribution in [0, 0.1) is 41.9 Å². The van der Waals surface area contributed by atoms with E-state index in [1.54, 1.807) is 6.08 Å². The third-order valence-electron chi connectivity index (χ3n) is 6.38. The lowest BCUT2D eigenvalue weighted by molar-refractivity contribution is -0.0665. The molecule has 160 valence electrons. The summed E-state index contributed by atoms with van der Waals surface area (Å²) in [5.41, 5.74) is 3.78. The molecule has 3 aliphatic carbocycles. The van der Waals surface area contributed by atoms with Gasteiger partial charge < -0.3 is 15.0 Å². The van der Waals surface area contributed by atoms with Gasteiger partial charge in [-0.15, -0.1) is 0 Å². The van der Waals surface area contributed by atoms with Crippen molar-refractivity contribution >= 4 is 23.2 Å². The number of rotatable bonds is 6. The van der Waals surface area contributed by atoms with Crippen LogP contribution in [0.5, 0.6) is 11.6 Å². The Bertz CT molecular complexity index is 1310. The first-order valence-corrected chi connectivity index (χ1v) is 10.7. The van der Waals surface area contributed by atoms with Gasteiger partial charge in [0, 0.05) is 18.0 Å². The van der Waals surface area contributed by atoms with Crippen LogP contribution in [0.15, 0.2) is 18.2 Å². The Balaban J connectivity index is 1.51. The number of aryl methyl sites for hydroxylation is 3. The molecule has 8 nitrogen and oxygen atoms in total. The van der Waals surface area contributed by atoms with E-state index >= 15 is 0 Å². The Morgan fingerprint density at radius 2 is 1.88 bits per heavy atom. The molecule has 0 unspecified atom stereocenters. The molecule has 0 saturated heterocycles. The lowest BCUT2D eigenvalue weighted by atomic mass is 9.40. The lowest BCUT2D eigenvalue weighted by Crippen LogP contribution is -2.70. The van der Waals surface area contributed by atoms with Gasteiger partial charge in [0.25, 0.3) is 5.88 Å². The van der Waals surface area contributed by atoms with Gasteiger partial charge in [0.05, 0.1) is 17.6 Å². The summed E-state index contributed by atoms with van der Waals surface area (Å²) in [7, 11) is 0. The van der Waals surface area contributed by atoms with Crippen molar-refractivity contribution in [2.45, 2.75) is 52.0 Å². The number of allylic oxidation sites excluding steroid dienone is 1. The van der Waals surface area contributed by atoms with Crippen LogP contribution in [0.2, 0.25) is 0 Å². The molecule has 3 aromatic rings. The third kappa shape index (κ3) is 3.16. The summed E-state index contributed by atoms with van der Waals surface area (Å²) in [6, 6.07) is 8.39. The van der Waals surface area contributed by atoms with E-state index < -0.39 is 0 Å². The van der Waals surface area contributed by atoms with Crippen LogP contribution in [0.4, 0.5) is 5.95 Å². The van der Waals surface area contributed by atoms with Crippen LogP contribution in [-0.2, 0) is 6.42 Å². The average Bonchev–Trinajstić information content (AvgIpc) is 3.14. The quantitative estimate of drug-likeness (QED) is 0.548. The minimum absolute atomic E-state index is 0.0921. The van der Waals surface area contributed by atoms with E-state index in [9.17, 15) is 5.26 Å². The number of nitriles is 2. The molecule has 3 saturated carbocycles. The van der Waals surface area contributed by atoms with E-state index in [0.29, 0.717) is 28.7 Å². The fraction of sp³-hybridized carbons (Fsp3) is 0.375. The number of imidazole rings is 1. The second-order valence-electron chi connectivity index (χ2n) is 8.96. The molecule has 3 aliphatic rings. The van der Waals surface area contributed by atoms with Crippen molar-refractivity contribution in [3.05, 3.63) is 40.7 Å². The summed E-state index contributed by atoms with van der Waals surface area (Å²) in [5, 5.41) is 21.5. The van der Waals surface area contributed by atoms with Crippen molar-refractivity contribution in [2.24, 2.45) is 5.41 Å². The topological polar surface area (TPSA) is 123 Å². The molecule has 0 atom stereocenters. The molecule has 2 N–H and O–H groups in total. The molecule has 8 heteroatoms. The van der Waals surface area contributed by atoms with Gasteiger partial charge in [0.1, 0.15) is 17.1 Å². The fourth-order valence-corrected chi connectivity index (χ4v) is 4.96. The first-order chi connectivity index (χ1) is 15.4. The molecule has 0 spiro atoms. The van der Waals surface area contributed by atoms with Crippen LogP contribution in [0.1, 0.15) is 48.7 Å². The van der Waals surface area contributed by atoms with Crippen LogP contribution in [0.3, 0.4) is 0 Å². The van der Waals surface area contributed by atoms with Crippen molar-refractivity contribution in [1.82, 2.24) is 19.9 Å². The highest BCUT2D eigenvalue weighted by Crippen LogP contribution is 2.67. The van der Waals surface area contributed by atoms with E-state index in [1.165, 1.54) is 6.08 Å². The highest BCUT2D eigenvalue weighted by atomic mass is 16.5. The molecular weight excluding hydrogens is 402 g/mol. The molecule has 3 fully saturated rings. The molecular formula is C24H23N7O. The Kier molecular flexibility index (Phi) is 4.42. The largest absolute Gasteiger partial charge is 0.436 e. The monoisotopic (exact) mass is 425 g/mol. The highest BCUT2D eigenvalue weighted by Gasteiger charge is 2.69. The molecule has 2 bridgehead atoms. The average molecular weight is 425 g/mol. The van der Waals surface area contributed by atoms with Gasteiger partial charge in [-0.25, -0.2) is 4.98 Å². The normalized spacial score (nSPS) is 23.3. The van der Waals surface area contributed by atoms with Crippen LogP contribution >= 0.6 is 0 Å². The summed E-state index contributed by atoms with van der Waals surface area (Å²) in [5.74, 6) is 2.41. The zero-order valence-electron chi connectivity index (χ0n) is 18.3. The van der Waals surface area contributed by atoms with E-state index in [-0.39, 0.29) is 11.0 Å². The van der Waals surface area contributed by atoms with Crippen LogP contribution in [-0.4, -0.2) is 25.5 Å². The Morgan fingerprint density at radius 3 is 2.50 bits per heavy atom. The SMILES string of the molecule is CCc1nc2nc(NC34CC(C#N)(C3)C4)nc(Oc3c(C)cc(/C=C/C#N)cc3C)c2[nH]1. The number of fused-ring (bicyclic) bond motifs is 1. The highest BCUT2D eigenvalue weighted by molar-refractivity contribution is 5.78. The number of aromatic nitrogens is 4. The van der Waals surface area contributed by atoms with Gasteiger partial charge in [0.15, 0.2) is 5.65 Å². The number of nitrogens with zero attached hydrogens (tertiary/aromatic N) is 5. The summed E-state index contributed by atoms with van der Waals surface area (Å²) in [4.78, 5) is 17.2. The van der Waals surface area contributed by atoms with Crippen molar-refractivity contribution in [1.29, 1.82) is 10.5 Å². The lowest BCUT2D eigenvalue weighted by Gasteiger charge is -2.66. The molecule has 1 aromatic carbocycles. The van der Waals surface area contributed by atoms with Gasteiger partial charge in [-0.2, -0.15) is 20.5 Å². The van der Waals surface area contributed by atoms with Crippen molar-refractivity contribution in [3.8, 4) is 23.8 Å². The molecule has 2 heterocycles. The van der Waals surface area contributed by atoms with E-state index in [0.717, 1.165) is 48.2 Å². The van der Waals surface area contributed by atoms with Crippen LogP contribution in [0.25, 0.3) is 17.2 Å². The second-order valence-corrected chi connectivity index (χ2v) is 8.96. The number of aromatic amines is 1. The second kappa shape index (κ2) is 7.06. The zero-order valence-corrected chi connectivity index (χ0v) is 18.3. The number of nitrogens with one attached hydrogen (secondary N) is 2. The molecule has 0 radical (unpaired) electrons. The first kappa shape index (κ1) is 20.0. The number of benzene rings is 1. The Hall–Kier alpha value is -3.91. The first-order valence-electron chi connectivity index (χ1n) is 10.7. The standard InChI is InChI=1S/C24H23N7O/c1-4-17-27-18-20(28-17)29-22(31-24-10-23(11-24,12-24)13-26)30-21(18)32-19-14(2)8-16(6-5-7-25)9-15(19)3/h5-6,8-9H,4,10-12H2,1-3H3,(H2,27,28,29,30,31)/b6-5+. The maximum atomic E-state index is 9.30. The third-order valence-corrected chi connectivity index (χ3v) is 6.38. The number of ether oxygens (including phenoxy) is 1. The van der Waals surface area contributed by atoms with Gasteiger partial charge in [-0.3, -0.25) is 0 Å². The van der Waals surface area contributed by atoms with Crippen molar-refractivity contribution in [2.75, 3.05) is 5.32 Å². The Labute approximate surface area is 186 Å². The Morgan fingerprint density at radius 1 is 1.16 bits per heavy atom. The summed E-state index contributed by atoms with van der Waals surface area (Å²) < 4.78 is 6.33. The number of anilines is 1. The number of H-pyrrole nitrogens is 1.